The quantitative estimate of drug-likeness (QED) is 0.623. The lowest BCUT2D eigenvalue weighted by molar-refractivity contribution is 0.122. The van der Waals surface area contributed by atoms with Gasteiger partial charge in [0.2, 0.25) is 0 Å². The zero-order chi connectivity index (χ0) is 21.1. The summed E-state index contributed by atoms with van der Waals surface area (Å²) < 4.78 is 30.5. The Bertz CT molecular complexity index is 1180. The summed E-state index contributed by atoms with van der Waals surface area (Å²) in [6, 6.07) is 16.3. The first kappa shape index (κ1) is 20.3. The van der Waals surface area contributed by atoms with Crippen molar-refractivity contribution in [3.05, 3.63) is 76.7 Å². The Labute approximate surface area is 175 Å². The van der Waals surface area contributed by atoms with E-state index < -0.39 is 9.84 Å². The van der Waals surface area contributed by atoms with Gasteiger partial charge in [0.1, 0.15) is 5.69 Å². The number of hydrogen-bond donors (Lipinski definition) is 0. The van der Waals surface area contributed by atoms with Crippen molar-refractivity contribution in [1.29, 1.82) is 0 Å². The standard InChI is InChI=1S/C22H23N3O4S/c1-30(27,28)19-9-7-18(8-10-19)20-15-23-25(16-17-5-3-2-4-6-17)22(26)21(20)24-11-13-29-14-12-24/h2-10,15H,11-14,16H2,1H3. The number of rotatable bonds is 5. The van der Waals surface area contributed by atoms with Crippen LogP contribution in [-0.4, -0.2) is 50.8 Å². The molecule has 2 aromatic carbocycles. The number of nitrogens with zero attached hydrogens (tertiary/aromatic N) is 3. The molecule has 1 saturated heterocycles. The van der Waals surface area contributed by atoms with Crippen LogP contribution in [0.25, 0.3) is 11.1 Å². The first-order chi connectivity index (χ1) is 14.4. The number of aromatic nitrogens is 2. The van der Waals surface area contributed by atoms with Gasteiger partial charge in [0, 0.05) is 24.9 Å². The average Bonchev–Trinajstić information content (AvgIpc) is 2.76. The second-order valence-electron chi connectivity index (χ2n) is 7.25. The fourth-order valence-electron chi connectivity index (χ4n) is 3.53. The van der Waals surface area contributed by atoms with E-state index in [1.54, 1.807) is 30.5 Å². The lowest BCUT2D eigenvalue weighted by atomic mass is 10.1. The van der Waals surface area contributed by atoms with E-state index in [4.69, 9.17) is 4.74 Å². The first-order valence-corrected chi connectivity index (χ1v) is 11.6. The van der Waals surface area contributed by atoms with Crippen LogP contribution < -0.4 is 10.5 Å². The van der Waals surface area contributed by atoms with Crippen LogP contribution in [0.4, 0.5) is 5.69 Å². The van der Waals surface area contributed by atoms with Crippen molar-refractivity contribution >= 4 is 15.5 Å². The van der Waals surface area contributed by atoms with Crippen LogP contribution in [0.3, 0.4) is 0 Å². The number of sulfone groups is 1. The third kappa shape index (κ3) is 4.29. The van der Waals surface area contributed by atoms with E-state index in [0.717, 1.165) is 11.1 Å². The van der Waals surface area contributed by atoms with Crippen LogP contribution in [-0.2, 0) is 21.1 Å². The summed E-state index contributed by atoms with van der Waals surface area (Å²) in [7, 11) is -3.29. The second-order valence-corrected chi connectivity index (χ2v) is 9.27. The smallest absolute Gasteiger partial charge is 0.291 e. The Morgan fingerprint density at radius 1 is 1.00 bits per heavy atom. The summed E-state index contributed by atoms with van der Waals surface area (Å²) in [6.45, 7) is 2.70. The molecule has 0 unspecified atom stereocenters. The van der Waals surface area contributed by atoms with Crippen molar-refractivity contribution in [2.24, 2.45) is 0 Å². The molecular formula is C22H23N3O4S. The molecule has 8 heteroatoms. The fourth-order valence-corrected chi connectivity index (χ4v) is 4.16. The molecular weight excluding hydrogens is 402 g/mol. The van der Waals surface area contributed by atoms with Crippen LogP contribution in [0.2, 0.25) is 0 Å². The minimum atomic E-state index is -3.29. The van der Waals surface area contributed by atoms with E-state index in [0.29, 0.717) is 44.1 Å². The molecule has 0 radical (unpaired) electrons. The normalized spacial score (nSPS) is 14.6. The van der Waals surface area contributed by atoms with E-state index in [1.807, 2.05) is 35.2 Å². The van der Waals surface area contributed by atoms with Gasteiger partial charge in [-0.3, -0.25) is 4.79 Å². The summed E-state index contributed by atoms with van der Waals surface area (Å²) in [5.41, 5.74) is 2.82. The third-order valence-electron chi connectivity index (χ3n) is 5.11. The number of ether oxygens (including phenoxy) is 1. The monoisotopic (exact) mass is 425 g/mol. The Kier molecular flexibility index (Phi) is 5.69. The molecule has 3 aromatic rings. The van der Waals surface area contributed by atoms with E-state index in [9.17, 15) is 13.2 Å². The molecule has 0 N–H and O–H groups in total. The SMILES string of the molecule is CS(=O)(=O)c1ccc(-c2cnn(Cc3ccccc3)c(=O)c2N2CCOCC2)cc1. The largest absolute Gasteiger partial charge is 0.378 e. The fraction of sp³-hybridized carbons (Fsp3) is 0.273. The summed E-state index contributed by atoms with van der Waals surface area (Å²) in [6.07, 6.45) is 2.86. The third-order valence-corrected chi connectivity index (χ3v) is 6.24. The Morgan fingerprint density at radius 2 is 1.67 bits per heavy atom. The highest BCUT2D eigenvalue weighted by molar-refractivity contribution is 7.90. The van der Waals surface area contributed by atoms with E-state index >= 15 is 0 Å². The van der Waals surface area contributed by atoms with Gasteiger partial charge in [0.15, 0.2) is 9.84 Å². The molecule has 0 bridgehead atoms. The van der Waals surface area contributed by atoms with Crippen molar-refractivity contribution in [3.63, 3.8) is 0 Å². The van der Waals surface area contributed by atoms with Gasteiger partial charge in [0.25, 0.3) is 5.56 Å². The Hall–Kier alpha value is -2.97. The number of hydrogen-bond acceptors (Lipinski definition) is 6. The highest BCUT2D eigenvalue weighted by atomic mass is 32.2. The average molecular weight is 426 g/mol. The van der Waals surface area contributed by atoms with Gasteiger partial charge in [-0.15, -0.1) is 0 Å². The summed E-state index contributed by atoms with van der Waals surface area (Å²) >= 11 is 0. The maximum Gasteiger partial charge on any atom is 0.291 e. The minimum Gasteiger partial charge on any atom is -0.378 e. The maximum absolute atomic E-state index is 13.4. The predicted octanol–water partition coefficient (Wildman–Crippen LogP) is 2.20. The number of anilines is 1. The van der Waals surface area contributed by atoms with Gasteiger partial charge >= 0.3 is 0 Å². The molecule has 0 saturated carbocycles. The summed E-state index contributed by atoms with van der Waals surface area (Å²) in [5, 5.41) is 4.40. The molecule has 2 heterocycles. The molecule has 1 aliphatic rings. The summed E-state index contributed by atoms with van der Waals surface area (Å²) in [5.74, 6) is 0. The van der Waals surface area contributed by atoms with Gasteiger partial charge < -0.3 is 9.64 Å². The lowest BCUT2D eigenvalue weighted by Crippen LogP contribution is -2.41. The molecule has 0 aliphatic carbocycles. The molecule has 4 rings (SSSR count). The van der Waals surface area contributed by atoms with Crippen molar-refractivity contribution < 1.29 is 13.2 Å². The van der Waals surface area contributed by atoms with Gasteiger partial charge in [-0.05, 0) is 23.3 Å². The Morgan fingerprint density at radius 3 is 2.30 bits per heavy atom. The van der Waals surface area contributed by atoms with Crippen molar-refractivity contribution in [1.82, 2.24) is 9.78 Å². The topological polar surface area (TPSA) is 81.5 Å². The van der Waals surface area contributed by atoms with Crippen molar-refractivity contribution in [3.8, 4) is 11.1 Å². The minimum absolute atomic E-state index is 0.176. The molecule has 1 aliphatic heterocycles. The van der Waals surface area contributed by atoms with Crippen LogP contribution in [0.1, 0.15) is 5.56 Å². The maximum atomic E-state index is 13.4. The second kappa shape index (κ2) is 8.41. The zero-order valence-electron chi connectivity index (χ0n) is 16.7. The van der Waals surface area contributed by atoms with E-state index in [2.05, 4.69) is 5.10 Å². The predicted molar refractivity (Wildman–Crippen MR) is 116 cm³/mol. The molecule has 30 heavy (non-hydrogen) atoms. The van der Waals surface area contributed by atoms with Crippen LogP contribution >= 0.6 is 0 Å². The van der Waals surface area contributed by atoms with E-state index in [-0.39, 0.29) is 10.5 Å². The molecule has 1 aromatic heterocycles. The van der Waals surface area contributed by atoms with E-state index in [1.165, 1.54) is 10.9 Å². The molecule has 0 atom stereocenters. The molecule has 7 nitrogen and oxygen atoms in total. The molecule has 0 amide bonds. The zero-order valence-corrected chi connectivity index (χ0v) is 17.5. The molecule has 1 fully saturated rings. The molecule has 0 spiro atoms. The first-order valence-electron chi connectivity index (χ1n) is 9.71. The lowest BCUT2D eigenvalue weighted by Gasteiger charge is -2.30. The summed E-state index contributed by atoms with van der Waals surface area (Å²) in [4.78, 5) is 15.7. The van der Waals surface area contributed by atoms with Crippen LogP contribution in [0.15, 0.2) is 70.5 Å². The van der Waals surface area contributed by atoms with Crippen molar-refractivity contribution in [2.45, 2.75) is 11.4 Å². The molecule has 156 valence electrons. The van der Waals surface area contributed by atoms with Gasteiger partial charge in [-0.25, -0.2) is 13.1 Å². The Balaban J connectivity index is 1.79. The number of benzene rings is 2. The van der Waals surface area contributed by atoms with Gasteiger partial charge in [0.05, 0.1) is 30.9 Å². The van der Waals surface area contributed by atoms with Crippen molar-refractivity contribution in [2.75, 3.05) is 37.5 Å². The van der Waals surface area contributed by atoms with Gasteiger partial charge in [-0.1, -0.05) is 42.5 Å². The number of morpholine rings is 1. The van der Waals surface area contributed by atoms with Gasteiger partial charge in [-0.2, -0.15) is 5.10 Å². The van der Waals surface area contributed by atoms with Crippen LogP contribution in [0.5, 0.6) is 0 Å². The highest BCUT2D eigenvalue weighted by Gasteiger charge is 2.22. The highest BCUT2D eigenvalue weighted by Crippen LogP contribution is 2.29. The van der Waals surface area contributed by atoms with Crippen LogP contribution in [0, 0.1) is 0 Å².